The van der Waals surface area contributed by atoms with Crippen LogP contribution in [0.2, 0.25) is 0 Å². The Balaban J connectivity index is 1.72. The predicted molar refractivity (Wildman–Crippen MR) is 88.3 cm³/mol. The Morgan fingerprint density at radius 3 is 2.50 bits per heavy atom. The van der Waals surface area contributed by atoms with Crippen LogP contribution in [0.1, 0.15) is 40.4 Å². The van der Waals surface area contributed by atoms with Crippen LogP contribution in [0.5, 0.6) is 0 Å². The molecule has 7 heteroatoms. The zero-order chi connectivity index (χ0) is 17.3. The Bertz CT molecular complexity index is 863. The second-order valence-corrected chi connectivity index (χ2v) is 5.73. The number of aromatic nitrogens is 4. The number of carbonyl (C=O) groups is 1. The number of rotatable bonds is 4. The topological polar surface area (TPSA) is 85.8 Å². The van der Waals surface area contributed by atoms with Crippen molar-refractivity contribution in [2.75, 3.05) is 0 Å². The van der Waals surface area contributed by atoms with Gasteiger partial charge >= 0.3 is 0 Å². The number of benzene rings is 1. The summed E-state index contributed by atoms with van der Waals surface area (Å²) in [6.07, 6.45) is 1.78. The van der Waals surface area contributed by atoms with Crippen molar-refractivity contribution in [2.24, 2.45) is 7.05 Å². The lowest BCUT2D eigenvalue weighted by atomic mass is 10.1. The van der Waals surface area contributed by atoms with Gasteiger partial charge in [0.05, 0.1) is 12.2 Å². The zero-order valence-electron chi connectivity index (χ0n) is 14.1. The summed E-state index contributed by atoms with van der Waals surface area (Å²) in [5.74, 6) is 0.880. The summed E-state index contributed by atoms with van der Waals surface area (Å²) >= 11 is 0. The minimum Gasteiger partial charge on any atom is -0.345 e. The molecule has 24 heavy (non-hydrogen) atoms. The van der Waals surface area contributed by atoms with Crippen molar-refractivity contribution in [1.29, 1.82) is 0 Å². The fraction of sp³-hybridized carbons (Fsp3) is 0.294. The van der Waals surface area contributed by atoms with E-state index in [1.165, 1.54) is 0 Å². The molecule has 3 aromatic rings. The van der Waals surface area contributed by atoms with Crippen LogP contribution < -0.4 is 5.32 Å². The lowest BCUT2D eigenvalue weighted by molar-refractivity contribution is 0.0940. The molecule has 0 spiro atoms. The summed E-state index contributed by atoms with van der Waals surface area (Å²) in [5, 5.41) is 11.0. The quantitative estimate of drug-likeness (QED) is 0.797. The molecule has 2 heterocycles. The van der Waals surface area contributed by atoms with Crippen LogP contribution in [-0.4, -0.2) is 25.8 Å². The van der Waals surface area contributed by atoms with Crippen molar-refractivity contribution in [3.05, 3.63) is 53.1 Å². The maximum atomic E-state index is 12.4. The number of nitrogens with zero attached hydrogens (tertiary/aromatic N) is 4. The minimum atomic E-state index is -0.140. The number of amides is 1. The molecular weight excluding hydrogens is 306 g/mol. The third-order valence-corrected chi connectivity index (χ3v) is 4.01. The van der Waals surface area contributed by atoms with Crippen molar-refractivity contribution in [1.82, 2.24) is 25.2 Å². The molecule has 1 aromatic carbocycles. The van der Waals surface area contributed by atoms with Crippen molar-refractivity contribution >= 4 is 5.91 Å². The van der Waals surface area contributed by atoms with Crippen molar-refractivity contribution in [3.8, 4) is 11.5 Å². The molecule has 0 bridgehead atoms. The van der Waals surface area contributed by atoms with Crippen molar-refractivity contribution < 1.29 is 9.32 Å². The van der Waals surface area contributed by atoms with E-state index in [2.05, 4.69) is 20.6 Å². The fourth-order valence-corrected chi connectivity index (χ4v) is 2.48. The highest BCUT2D eigenvalue weighted by Crippen LogP contribution is 2.19. The summed E-state index contributed by atoms with van der Waals surface area (Å²) in [6, 6.07) is 6.95. The van der Waals surface area contributed by atoms with Crippen LogP contribution in [-0.2, 0) is 7.05 Å². The first-order valence-corrected chi connectivity index (χ1v) is 7.66. The molecule has 0 saturated heterocycles. The van der Waals surface area contributed by atoms with Gasteiger partial charge in [0.2, 0.25) is 0 Å². The Hall–Kier alpha value is -2.96. The van der Waals surface area contributed by atoms with Gasteiger partial charge in [-0.15, -0.1) is 0 Å². The maximum absolute atomic E-state index is 12.4. The van der Waals surface area contributed by atoms with Gasteiger partial charge in [0.1, 0.15) is 0 Å². The van der Waals surface area contributed by atoms with Crippen LogP contribution in [0, 0.1) is 13.8 Å². The smallest absolute Gasteiger partial charge is 0.257 e. The van der Waals surface area contributed by atoms with Crippen LogP contribution in [0.4, 0.5) is 0 Å². The van der Waals surface area contributed by atoms with Gasteiger partial charge in [-0.05, 0) is 45.0 Å². The first kappa shape index (κ1) is 15.9. The highest BCUT2D eigenvalue weighted by molar-refractivity contribution is 5.94. The average molecular weight is 325 g/mol. The largest absolute Gasteiger partial charge is 0.345 e. The molecule has 0 fully saturated rings. The van der Waals surface area contributed by atoms with Crippen LogP contribution in [0.3, 0.4) is 0 Å². The molecule has 7 nitrogen and oxygen atoms in total. The van der Waals surface area contributed by atoms with Gasteiger partial charge in [0, 0.05) is 29.4 Å². The summed E-state index contributed by atoms with van der Waals surface area (Å²) in [7, 11) is 1.88. The molecule has 0 radical (unpaired) electrons. The Labute approximate surface area is 139 Å². The maximum Gasteiger partial charge on any atom is 0.257 e. The highest BCUT2D eigenvalue weighted by atomic mass is 16.5. The molecule has 124 valence electrons. The lowest BCUT2D eigenvalue weighted by Crippen LogP contribution is -2.26. The third kappa shape index (κ3) is 3.05. The normalized spacial score (nSPS) is 12.2. The Morgan fingerprint density at radius 2 is 1.96 bits per heavy atom. The second-order valence-electron chi connectivity index (χ2n) is 5.73. The van der Waals surface area contributed by atoms with Gasteiger partial charge in [-0.1, -0.05) is 5.16 Å². The number of aryl methyl sites for hydroxylation is 2. The number of nitrogens with one attached hydrogen (secondary N) is 1. The second kappa shape index (κ2) is 6.27. The molecule has 1 atom stereocenters. The molecule has 1 amide bonds. The zero-order valence-corrected chi connectivity index (χ0v) is 14.1. The predicted octanol–water partition coefficient (Wildman–Crippen LogP) is 2.58. The molecule has 0 aliphatic carbocycles. The van der Waals surface area contributed by atoms with Gasteiger partial charge in [0.15, 0.2) is 5.82 Å². The van der Waals surface area contributed by atoms with Gasteiger partial charge in [-0.25, -0.2) is 0 Å². The van der Waals surface area contributed by atoms with E-state index < -0.39 is 0 Å². The summed E-state index contributed by atoms with van der Waals surface area (Å²) in [4.78, 5) is 16.6. The van der Waals surface area contributed by atoms with E-state index in [1.807, 2.05) is 20.9 Å². The molecule has 2 aromatic heterocycles. The molecule has 1 N–H and O–H groups in total. The molecule has 0 saturated carbocycles. The molecular formula is C17H19N5O2. The van der Waals surface area contributed by atoms with Gasteiger partial charge in [-0.3, -0.25) is 9.48 Å². The molecule has 0 aliphatic heterocycles. The first-order chi connectivity index (χ1) is 11.5. The average Bonchev–Trinajstić information content (AvgIpc) is 3.14. The van der Waals surface area contributed by atoms with Crippen molar-refractivity contribution in [3.63, 3.8) is 0 Å². The fourth-order valence-electron chi connectivity index (χ4n) is 2.48. The summed E-state index contributed by atoms with van der Waals surface area (Å²) in [5.41, 5.74) is 3.39. The van der Waals surface area contributed by atoms with Gasteiger partial charge in [0.25, 0.3) is 11.8 Å². The molecule has 1 unspecified atom stereocenters. The molecule has 3 rings (SSSR count). The minimum absolute atomic E-state index is 0.121. The third-order valence-electron chi connectivity index (χ3n) is 4.01. The van der Waals surface area contributed by atoms with Crippen LogP contribution in [0.15, 0.2) is 35.0 Å². The van der Waals surface area contributed by atoms with E-state index in [0.29, 0.717) is 17.3 Å². The number of hydrogen-bond acceptors (Lipinski definition) is 5. The van der Waals surface area contributed by atoms with Crippen molar-refractivity contribution in [2.45, 2.75) is 26.8 Å². The Morgan fingerprint density at radius 1 is 1.25 bits per heavy atom. The van der Waals surface area contributed by atoms with E-state index >= 15 is 0 Å². The first-order valence-electron chi connectivity index (χ1n) is 7.66. The van der Waals surface area contributed by atoms with E-state index in [-0.39, 0.29) is 11.9 Å². The summed E-state index contributed by atoms with van der Waals surface area (Å²) in [6.45, 7) is 5.68. The van der Waals surface area contributed by atoms with E-state index in [1.54, 1.807) is 42.1 Å². The van der Waals surface area contributed by atoms with E-state index in [4.69, 9.17) is 4.52 Å². The van der Waals surface area contributed by atoms with Gasteiger partial charge < -0.3 is 9.84 Å². The van der Waals surface area contributed by atoms with Gasteiger partial charge in [-0.2, -0.15) is 10.1 Å². The molecule has 0 aliphatic rings. The SMILES string of the molecule is Cc1noc(-c2ccc(C(=O)NC(C)c3cnn(C)c3C)cc2)n1. The monoisotopic (exact) mass is 325 g/mol. The van der Waals surface area contributed by atoms with E-state index in [9.17, 15) is 4.79 Å². The lowest BCUT2D eigenvalue weighted by Gasteiger charge is -2.14. The van der Waals surface area contributed by atoms with Crippen LogP contribution >= 0.6 is 0 Å². The highest BCUT2D eigenvalue weighted by Gasteiger charge is 2.16. The van der Waals surface area contributed by atoms with Crippen LogP contribution in [0.25, 0.3) is 11.5 Å². The Kier molecular flexibility index (Phi) is 4.16. The number of carbonyl (C=O) groups excluding carboxylic acids is 1. The standard InChI is InChI=1S/C17H19N5O2/c1-10(15-9-18-22(4)11(15)2)19-16(23)13-5-7-14(8-6-13)17-20-12(3)21-24-17/h5-10H,1-4H3,(H,19,23). The summed E-state index contributed by atoms with van der Waals surface area (Å²) < 4.78 is 6.91. The van der Waals surface area contributed by atoms with E-state index in [0.717, 1.165) is 16.8 Å². The number of hydrogen-bond donors (Lipinski definition) is 1.